The van der Waals surface area contributed by atoms with Crippen molar-refractivity contribution in [2.45, 2.75) is 79.1 Å². The SMILES string of the molecule is CC(C)c1cccc(C(C)C)c1N=PNc1c(C(C)C)cccc1C(C)C. The molecule has 2 aromatic rings. The number of nitrogens with one attached hydrogen (secondary N) is 1. The highest BCUT2D eigenvalue weighted by Gasteiger charge is 2.15. The Morgan fingerprint density at radius 2 is 1.00 bits per heavy atom. The van der Waals surface area contributed by atoms with Gasteiger partial charge in [-0.1, -0.05) is 91.8 Å². The third-order valence-corrected chi connectivity index (χ3v) is 5.65. The summed E-state index contributed by atoms with van der Waals surface area (Å²) in [6.07, 6.45) is 0. The molecule has 0 atom stereocenters. The zero-order valence-electron chi connectivity index (χ0n) is 18.2. The predicted octanol–water partition coefficient (Wildman–Crippen LogP) is 8.97. The highest BCUT2D eigenvalue weighted by atomic mass is 31.1. The number of benzene rings is 2. The summed E-state index contributed by atoms with van der Waals surface area (Å²) in [4.78, 5) is 0. The molecule has 27 heavy (non-hydrogen) atoms. The maximum atomic E-state index is 5.01. The molecule has 2 rings (SSSR count). The first kappa shape index (κ1) is 21.6. The third kappa shape index (κ3) is 5.20. The van der Waals surface area contributed by atoms with Gasteiger partial charge in [-0.3, -0.25) is 0 Å². The van der Waals surface area contributed by atoms with E-state index in [-0.39, 0.29) is 0 Å². The Morgan fingerprint density at radius 3 is 1.37 bits per heavy atom. The van der Waals surface area contributed by atoms with Crippen molar-refractivity contribution in [1.29, 1.82) is 0 Å². The number of para-hydroxylation sites is 1. The smallest absolute Gasteiger partial charge is 0.130 e. The van der Waals surface area contributed by atoms with Gasteiger partial charge < -0.3 is 5.09 Å². The van der Waals surface area contributed by atoms with E-state index in [1.54, 1.807) is 0 Å². The van der Waals surface area contributed by atoms with Gasteiger partial charge in [-0.15, -0.1) is 0 Å². The minimum Gasteiger partial charge on any atom is -0.322 e. The highest BCUT2D eigenvalue weighted by molar-refractivity contribution is 7.29. The predicted molar refractivity (Wildman–Crippen MR) is 122 cm³/mol. The van der Waals surface area contributed by atoms with Gasteiger partial charge in [0.2, 0.25) is 0 Å². The summed E-state index contributed by atoms with van der Waals surface area (Å²) in [6, 6.07) is 13.2. The van der Waals surface area contributed by atoms with Gasteiger partial charge in [-0.05, 0) is 45.9 Å². The van der Waals surface area contributed by atoms with Crippen molar-refractivity contribution in [3.05, 3.63) is 58.7 Å². The summed E-state index contributed by atoms with van der Waals surface area (Å²) in [7, 11) is 0.890. The van der Waals surface area contributed by atoms with Crippen LogP contribution >= 0.6 is 8.52 Å². The first-order chi connectivity index (χ1) is 12.7. The van der Waals surface area contributed by atoms with Crippen LogP contribution in [-0.4, -0.2) is 0 Å². The van der Waals surface area contributed by atoms with E-state index in [0.29, 0.717) is 23.7 Å². The van der Waals surface area contributed by atoms with Crippen molar-refractivity contribution in [2.75, 3.05) is 5.09 Å². The van der Waals surface area contributed by atoms with Crippen LogP contribution in [0.3, 0.4) is 0 Å². The van der Waals surface area contributed by atoms with E-state index in [2.05, 4.69) is 96.9 Å². The molecule has 146 valence electrons. The Hall–Kier alpha value is -1.66. The number of hydrogen-bond acceptors (Lipinski definition) is 1. The second-order valence-electron chi connectivity index (χ2n) is 8.53. The fraction of sp³-hybridized carbons (Fsp3) is 0.500. The summed E-state index contributed by atoms with van der Waals surface area (Å²) >= 11 is 0. The van der Waals surface area contributed by atoms with Crippen LogP contribution in [0.5, 0.6) is 0 Å². The van der Waals surface area contributed by atoms with Gasteiger partial charge in [0.25, 0.3) is 0 Å². The number of rotatable bonds is 7. The van der Waals surface area contributed by atoms with Crippen molar-refractivity contribution in [2.24, 2.45) is 4.74 Å². The van der Waals surface area contributed by atoms with Gasteiger partial charge in [0.15, 0.2) is 0 Å². The Labute approximate surface area is 167 Å². The van der Waals surface area contributed by atoms with Gasteiger partial charge in [0.05, 0.1) is 5.69 Å². The van der Waals surface area contributed by atoms with Gasteiger partial charge >= 0.3 is 0 Å². The van der Waals surface area contributed by atoms with Crippen molar-refractivity contribution < 1.29 is 0 Å². The zero-order valence-corrected chi connectivity index (χ0v) is 19.1. The number of hydrogen-bond donors (Lipinski definition) is 1. The minimum absolute atomic E-state index is 0.465. The molecule has 2 aromatic carbocycles. The summed E-state index contributed by atoms with van der Waals surface area (Å²) in [6.45, 7) is 18.0. The Balaban J connectivity index is 2.45. The fourth-order valence-electron chi connectivity index (χ4n) is 3.43. The molecule has 0 radical (unpaired) electrons. The van der Waals surface area contributed by atoms with Gasteiger partial charge in [-0.25, -0.2) is 4.74 Å². The molecular formula is C24H35N2P. The summed E-state index contributed by atoms with van der Waals surface area (Å²) in [5.74, 6) is 1.89. The van der Waals surface area contributed by atoms with Gasteiger partial charge in [-0.2, -0.15) is 0 Å². The topological polar surface area (TPSA) is 24.4 Å². The number of anilines is 1. The summed E-state index contributed by atoms with van der Waals surface area (Å²) < 4.78 is 5.01. The van der Waals surface area contributed by atoms with Gasteiger partial charge in [0.1, 0.15) is 8.52 Å². The van der Waals surface area contributed by atoms with Crippen molar-refractivity contribution >= 4 is 19.9 Å². The van der Waals surface area contributed by atoms with Crippen LogP contribution in [0.25, 0.3) is 0 Å². The van der Waals surface area contributed by atoms with Crippen LogP contribution in [0.4, 0.5) is 11.4 Å². The van der Waals surface area contributed by atoms with E-state index >= 15 is 0 Å². The minimum atomic E-state index is 0.465. The molecule has 0 spiro atoms. The molecule has 0 heterocycles. The first-order valence-corrected chi connectivity index (χ1v) is 11.0. The fourth-order valence-corrected chi connectivity index (χ4v) is 4.17. The van der Waals surface area contributed by atoms with E-state index in [1.807, 2.05) is 0 Å². The molecule has 2 nitrogen and oxygen atoms in total. The van der Waals surface area contributed by atoms with Crippen molar-refractivity contribution in [1.82, 2.24) is 0 Å². The molecule has 0 saturated carbocycles. The lowest BCUT2D eigenvalue weighted by atomic mass is 9.93. The molecule has 0 unspecified atom stereocenters. The van der Waals surface area contributed by atoms with E-state index in [1.165, 1.54) is 27.9 Å². The third-order valence-electron chi connectivity index (χ3n) is 5.03. The first-order valence-electron chi connectivity index (χ1n) is 10.2. The molecule has 0 aliphatic rings. The average Bonchev–Trinajstić information content (AvgIpc) is 2.61. The second kappa shape index (κ2) is 9.51. The Bertz CT molecular complexity index is 736. The average molecular weight is 383 g/mol. The van der Waals surface area contributed by atoms with E-state index in [4.69, 9.17) is 4.74 Å². The van der Waals surface area contributed by atoms with Crippen LogP contribution in [0.15, 0.2) is 41.1 Å². The molecule has 0 amide bonds. The molecule has 0 saturated heterocycles. The maximum Gasteiger partial charge on any atom is 0.130 e. The van der Waals surface area contributed by atoms with Crippen LogP contribution < -0.4 is 5.09 Å². The highest BCUT2D eigenvalue weighted by Crippen LogP contribution is 2.38. The van der Waals surface area contributed by atoms with Crippen LogP contribution in [0.2, 0.25) is 0 Å². The standard InChI is InChI=1S/C24H35N2P/c1-15(2)19-11-9-12-20(16(3)4)23(19)25-27-26-24-21(17(5)6)13-10-14-22(24)18(7)8/h9-18H,1-8H3,(H,25,26). The lowest BCUT2D eigenvalue weighted by Gasteiger charge is -2.19. The molecule has 0 aliphatic heterocycles. The van der Waals surface area contributed by atoms with Crippen LogP contribution in [0.1, 0.15) is 101 Å². The normalized spacial score (nSPS) is 12.1. The molecular weight excluding hydrogens is 347 g/mol. The second-order valence-corrected chi connectivity index (χ2v) is 9.15. The van der Waals surface area contributed by atoms with E-state index in [9.17, 15) is 0 Å². The molecule has 0 aromatic heterocycles. The lowest BCUT2D eigenvalue weighted by Crippen LogP contribution is -2.00. The number of nitrogens with zero attached hydrogens (tertiary/aromatic N) is 1. The summed E-state index contributed by atoms with van der Waals surface area (Å²) in [5.41, 5.74) is 7.80. The summed E-state index contributed by atoms with van der Waals surface area (Å²) in [5, 5.41) is 3.63. The molecule has 1 N–H and O–H groups in total. The maximum absolute atomic E-state index is 5.01. The molecule has 0 aliphatic carbocycles. The Kier molecular flexibility index (Phi) is 7.62. The van der Waals surface area contributed by atoms with Crippen molar-refractivity contribution in [3.8, 4) is 0 Å². The van der Waals surface area contributed by atoms with Gasteiger partial charge in [0, 0.05) is 5.69 Å². The molecule has 3 heteroatoms. The lowest BCUT2D eigenvalue weighted by molar-refractivity contribution is 0.835. The van der Waals surface area contributed by atoms with Crippen LogP contribution in [0, 0.1) is 0 Å². The zero-order chi connectivity index (χ0) is 20.1. The molecule has 0 fully saturated rings. The molecule has 0 bridgehead atoms. The van der Waals surface area contributed by atoms with E-state index in [0.717, 1.165) is 14.2 Å². The van der Waals surface area contributed by atoms with Crippen molar-refractivity contribution in [3.63, 3.8) is 0 Å². The largest absolute Gasteiger partial charge is 0.322 e. The van der Waals surface area contributed by atoms with E-state index < -0.39 is 0 Å². The Morgan fingerprint density at radius 1 is 0.630 bits per heavy atom. The quantitative estimate of drug-likeness (QED) is 0.475. The van der Waals surface area contributed by atoms with Crippen LogP contribution in [-0.2, 0) is 0 Å². The monoisotopic (exact) mass is 382 g/mol.